The van der Waals surface area contributed by atoms with Crippen molar-refractivity contribution in [1.29, 1.82) is 0 Å². The Balaban J connectivity index is 1.52. The number of piperidine rings is 1. The third kappa shape index (κ3) is 5.30. The number of carbonyl (C=O) groups excluding carboxylic acids is 3. The van der Waals surface area contributed by atoms with Crippen molar-refractivity contribution in [3.63, 3.8) is 0 Å². The van der Waals surface area contributed by atoms with Gasteiger partial charge in [-0.05, 0) is 61.7 Å². The molecule has 3 saturated carbocycles. The average molecular weight is 577 g/mol. The van der Waals surface area contributed by atoms with E-state index in [4.69, 9.17) is 10.5 Å². The summed E-state index contributed by atoms with van der Waals surface area (Å²) in [6, 6.07) is -0.506. The summed E-state index contributed by atoms with van der Waals surface area (Å²) in [7, 11) is 0. The lowest BCUT2D eigenvalue weighted by Crippen LogP contribution is -2.63. The molecule has 0 aromatic carbocycles. The molecule has 1 aliphatic heterocycles. The molecule has 40 heavy (non-hydrogen) atoms. The van der Waals surface area contributed by atoms with Crippen molar-refractivity contribution in [2.75, 3.05) is 18.8 Å². The molecule has 4 fully saturated rings. The van der Waals surface area contributed by atoms with Crippen LogP contribution in [0, 0.1) is 39.9 Å². The molecule has 7 nitrogen and oxygen atoms in total. The zero-order chi connectivity index (χ0) is 29.6. The number of amides is 1. The fourth-order valence-electron chi connectivity index (χ4n) is 8.65. The van der Waals surface area contributed by atoms with E-state index < -0.39 is 29.1 Å². The fraction of sp³-hybridized carbons (Fsp3) is 0.844. The first-order valence-corrected chi connectivity index (χ1v) is 16.5. The molecule has 4 aliphatic rings. The first-order chi connectivity index (χ1) is 18.7. The molecule has 4 rings (SSSR count). The molecule has 1 amide bonds. The van der Waals surface area contributed by atoms with Crippen molar-refractivity contribution in [2.45, 2.75) is 110 Å². The van der Waals surface area contributed by atoms with Crippen molar-refractivity contribution >= 4 is 29.4 Å². The van der Waals surface area contributed by atoms with Crippen LogP contribution in [-0.2, 0) is 19.1 Å². The van der Waals surface area contributed by atoms with Crippen molar-refractivity contribution in [3.05, 3.63) is 12.7 Å². The van der Waals surface area contributed by atoms with Gasteiger partial charge in [-0.2, -0.15) is 0 Å². The number of ketones is 1. The largest absolute Gasteiger partial charge is 0.461 e. The van der Waals surface area contributed by atoms with Gasteiger partial charge in [0.05, 0.1) is 17.9 Å². The highest BCUT2D eigenvalue weighted by atomic mass is 32.2. The molecular formula is C32H52N2O5S. The summed E-state index contributed by atoms with van der Waals surface area (Å²) in [5.41, 5.74) is 4.70. The summed E-state index contributed by atoms with van der Waals surface area (Å²) in [6.45, 7) is 17.8. The predicted molar refractivity (Wildman–Crippen MR) is 160 cm³/mol. The van der Waals surface area contributed by atoms with Gasteiger partial charge in [-0.3, -0.25) is 14.4 Å². The number of likely N-dealkylation sites (tertiary alicyclic amines) is 1. The molecule has 0 radical (unpaired) electrons. The van der Waals surface area contributed by atoms with Crippen LogP contribution in [0.5, 0.6) is 0 Å². The van der Waals surface area contributed by atoms with Crippen LogP contribution in [0.2, 0.25) is 0 Å². The van der Waals surface area contributed by atoms with Gasteiger partial charge in [0, 0.05) is 41.5 Å². The molecule has 226 valence electrons. The molecule has 8 heteroatoms. The SMILES string of the molecule is C=C[C@]1(C)C[C@@H](OC(=O)CS[C@H]2CCCN(C(=O)[C@@H](N)C(C)C)C2)[C@]2(C)[C@H](C)CC[C@]3(CCC(=O)[C@H]32)[C@@H](C)[C@@H]1O. The molecule has 1 heterocycles. The number of nitrogens with zero attached hydrogens (tertiary/aromatic N) is 1. The Labute approximate surface area is 245 Å². The Morgan fingerprint density at radius 1 is 1.25 bits per heavy atom. The van der Waals surface area contributed by atoms with E-state index in [9.17, 15) is 19.5 Å². The highest BCUT2D eigenvalue weighted by Gasteiger charge is 2.68. The maximum atomic E-state index is 13.6. The highest BCUT2D eigenvalue weighted by Crippen LogP contribution is 2.68. The summed E-state index contributed by atoms with van der Waals surface area (Å²) in [5, 5.41) is 11.8. The third-order valence-corrected chi connectivity index (χ3v) is 13.0. The van der Waals surface area contributed by atoms with Gasteiger partial charge in [-0.1, -0.05) is 47.6 Å². The van der Waals surface area contributed by atoms with E-state index in [-0.39, 0.29) is 57.7 Å². The number of thioether (sulfide) groups is 1. The van der Waals surface area contributed by atoms with Gasteiger partial charge >= 0.3 is 5.97 Å². The zero-order valence-corrected chi connectivity index (χ0v) is 26.3. The van der Waals surface area contributed by atoms with Gasteiger partial charge in [0.1, 0.15) is 11.9 Å². The number of rotatable bonds is 7. The second-order valence-corrected chi connectivity index (χ2v) is 15.5. The Kier molecular flexibility index (Phi) is 9.24. The second kappa shape index (κ2) is 11.7. The normalized spacial score (nSPS) is 42.5. The minimum Gasteiger partial charge on any atom is -0.461 e. The maximum Gasteiger partial charge on any atom is 0.316 e. The molecule has 0 unspecified atom stereocenters. The van der Waals surface area contributed by atoms with Crippen LogP contribution in [-0.4, -0.2) is 70.0 Å². The van der Waals surface area contributed by atoms with Crippen molar-refractivity contribution in [3.8, 4) is 0 Å². The lowest BCUT2D eigenvalue weighted by molar-refractivity contribution is -0.205. The molecular weight excluding hydrogens is 524 g/mol. The molecule has 10 atom stereocenters. The molecule has 1 saturated heterocycles. The van der Waals surface area contributed by atoms with E-state index in [0.29, 0.717) is 25.9 Å². The Bertz CT molecular complexity index is 1000. The first kappa shape index (κ1) is 31.6. The highest BCUT2D eigenvalue weighted by molar-refractivity contribution is 8.00. The van der Waals surface area contributed by atoms with Crippen LogP contribution >= 0.6 is 11.8 Å². The lowest BCUT2D eigenvalue weighted by Gasteiger charge is -2.61. The van der Waals surface area contributed by atoms with Crippen LogP contribution in [0.4, 0.5) is 0 Å². The fourth-order valence-corrected chi connectivity index (χ4v) is 9.71. The number of nitrogens with two attached hydrogens (primary N) is 1. The summed E-state index contributed by atoms with van der Waals surface area (Å²) < 4.78 is 6.38. The number of ether oxygens (including phenoxy) is 1. The molecule has 3 N–H and O–H groups in total. The number of hydrogen-bond donors (Lipinski definition) is 2. The Morgan fingerprint density at radius 2 is 1.95 bits per heavy atom. The van der Waals surface area contributed by atoms with E-state index in [1.807, 2.05) is 31.7 Å². The van der Waals surface area contributed by atoms with Gasteiger partial charge < -0.3 is 20.5 Å². The monoisotopic (exact) mass is 576 g/mol. The number of carbonyl (C=O) groups is 3. The molecule has 0 aromatic rings. The number of hydrogen-bond acceptors (Lipinski definition) is 7. The first-order valence-electron chi connectivity index (χ1n) is 15.4. The summed E-state index contributed by atoms with van der Waals surface area (Å²) in [6.07, 6.45) is 6.12. The van der Waals surface area contributed by atoms with Crippen LogP contribution in [0.1, 0.15) is 86.5 Å². The maximum absolute atomic E-state index is 13.6. The van der Waals surface area contributed by atoms with E-state index in [2.05, 4.69) is 27.4 Å². The summed E-state index contributed by atoms with van der Waals surface area (Å²) >= 11 is 1.55. The van der Waals surface area contributed by atoms with Gasteiger partial charge in [-0.25, -0.2) is 0 Å². The van der Waals surface area contributed by atoms with Crippen molar-refractivity contribution < 1.29 is 24.2 Å². The van der Waals surface area contributed by atoms with Crippen LogP contribution < -0.4 is 5.73 Å². The molecule has 0 spiro atoms. The smallest absolute Gasteiger partial charge is 0.316 e. The Morgan fingerprint density at radius 3 is 2.60 bits per heavy atom. The quantitative estimate of drug-likeness (QED) is 0.337. The van der Waals surface area contributed by atoms with E-state index in [1.54, 1.807) is 11.8 Å². The molecule has 3 aliphatic carbocycles. The van der Waals surface area contributed by atoms with Gasteiger partial charge in [0.2, 0.25) is 5.91 Å². The van der Waals surface area contributed by atoms with Crippen molar-refractivity contribution in [1.82, 2.24) is 4.90 Å². The number of aliphatic hydroxyl groups is 1. The van der Waals surface area contributed by atoms with Crippen molar-refractivity contribution in [2.24, 2.45) is 45.7 Å². The molecule has 0 aromatic heterocycles. The zero-order valence-electron chi connectivity index (χ0n) is 25.5. The molecule has 2 bridgehead atoms. The lowest BCUT2D eigenvalue weighted by atomic mass is 9.44. The number of esters is 1. The van der Waals surface area contributed by atoms with E-state index in [0.717, 1.165) is 32.1 Å². The van der Waals surface area contributed by atoms with Gasteiger partial charge in [-0.15, -0.1) is 18.3 Å². The van der Waals surface area contributed by atoms with Crippen LogP contribution in [0.25, 0.3) is 0 Å². The Hall–Kier alpha value is -1.38. The second-order valence-electron chi connectivity index (χ2n) is 14.2. The summed E-state index contributed by atoms with van der Waals surface area (Å²) in [4.78, 5) is 41.7. The van der Waals surface area contributed by atoms with Crippen LogP contribution in [0.15, 0.2) is 12.7 Å². The minimum atomic E-state index is -0.671. The van der Waals surface area contributed by atoms with Gasteiger partial charge in [0.15, 0.2) is 0 Å². The average Bonchev–Trinajstić information content (AvgIpc) is 3.29. The topological polar surface area (TPSA) is 110 Å². The number of aliphatic hydroxyl groups excluding tert-OH is 1. The predicted octanol–water partition coefficient (Wildman–Crippen LogP) is 4.60. The summed E-state index contributed by atoms with van der Waals surface area (Å²) in [5.74, 6) is 0.158. The third-order valence-electron chi connectivity index (χ3n) is 11.7. The minimum absolute atomic E-state index is 0.0159. The van der Waals surface area contributed by atoms with Crippen LogP contribution in [0.3, 0.4) is 0 Å². The van der Waals surface area contributed by atoms with E-state index >= 15 is 0 Å². The van der Waals surface area contributed by atoms with E-state index in [1.165, 1.54) is 0 Å². The van der Waals surface area contributed by atoms with Gasteiger partial charge in [0.25, 0.3) is 0 Å². The number of Topliss-reactive ketones (excluding diaryl/α,β-unsaturated/α-hetero) is 1. The standard InChI is InChI=1S/C32H52N2O5S/c1-8-30(6)16-24(31(7)20(4)11-13-32(21(5)28(30)37)14-12-23(35)27(31)32)39-25(36)18-40-22-10-9-15-34(17-22)29(38)26(33)19(2)3/h8,19-22,24,26-28,37H,1,9-18,33H2,2-7H3/t20-,21+,22+,24-,26+,27+,28+,30-,31+,32+/m1/s1.